The summed E-state index contributed by atoms with van der Waals surface area (Å²) in [7, 11) is -4.79. The largest absolute Gasteiger partial charge is 0.388 e. The van der Waals surface area contributed by atoms with Crippen LogP contribution in [-0.4, -0.2) is 40.2 Å². The number of rotatable bonds is 2. The van der Waals surface area contributed by atoms with Gasteiger partial charge in [0, 0.05) is 14.2 Å². The van der Waals surface area contributed by atoms with Crippen molar-refractivity contribution in [2.45, 2.75) is 23.6 Å². The van der Waals surface area contributed by atoms with Crippen LogP contribution >= 0.6 is 0 Å². The van der Waals surface area contributed by atoms with E-state index in [1.165, 1.54) is 24.3 Å². The minimum Gasteiger partial charge on any atom is -0.388 e. The fraction of sp³-hybridized carbons (Fsp3) is 0.250. The Hall–Kier alpha value is -1.78. The first-order chi connectivity index (χ1) is 11.4. The smallest absolute Gasteiger partial charge is 0.294 e. The molecule has 9 heteroatoms. The molecule has 0 bridgehead atoms. The van der Waals surface area contributed by atoms with Crippen molar-refractivity contribution in [2.75, 3.05) is 14.2 Å². The maximum atomic E-state index is 10.5. The summed E-state index contributed by atoms with van der Waals surface area (Å²) in [5.74, 6) is 0. The highest BCUT2D eigenvalue weighted by Crippen LogP contribution is 2.09. The standard InChI is InChI=1S/2C7H8O3S.C2H6O/c2*1-6-2-4-7(5-3-6)11(8,9)10;1-3-2/h2*2-5H,1H3,(H,8,9,10);1-2H3. The van der Waals surface area contributed by atoms with Gasteiger partial charge >= 0.3 is 0 Å². The van der Waals surface area contributed by atoms with E-state index in [0.29, 0.717) is 0 Å². The first kappa shape index (κ1) is 23.2. The van der Waals surface area contributed by atoms with Crippen LogP contribution < -0.4 is 0 Å². The molecule has 0 atom stereocenters. The zero-order chi connectivity index (χ0) is 19.7. The van der Waals surface area contributed by atoms with E-state index in [4.69, 9.17) is 9.11 Å². The summed E-state index contributed by atoms with van der Waals surface area (Å²) in [4.78, 5) is -0.133. The number of hydrogen-bond acceptors (Lipinski definition) is 5. The van der Waals surface area contributed by atoms with Crippen LogP contribution in [0.1, 0.15) is 11.1 Å². The minimum absolute atomic E-state index is 0.0666. The molecule has 0 saturated carbocycles. The molecule has 0 saturated heterocycles. The van der Waals surface area contributed by atoms with Gasteiger partial charge < -0.3 is 4.74 Å². The molecule has 0 aliphatic rings. The number of ether oxygens (including phenoxy) is 1. The highest BCUT2D eigenvalue weighted by molar-refractivity contribution is 7.86. The Balaban J connectivity index is 0.000000399. The lowest BCUT2D eigenvalue weighted by atomic mass is 10.2. The second-order valence-electron chi connectivity index (χ2n) is 4.98. The fourth-order valence-electron chi connectivity index (χ4n) is 1.42. The van der Waals surface area contributed by atoms with Crippen LogP contribution in [0.15, 0.2) is 58.3 Å². The highest BCUT2D eigenvalue weighted by atomic mass is 32.2. The molecule has 0 radical (unpaired) electrons. The normalized spacial score (nSPS) is 10.8. The predicted octanol–water partition coefficient (Wildman–Crippen LogP) is 2.75. The molecule has 0 aromatic heterocycles. The summed E-state index contributed by atoms with van der Waals surface area (Å²) in [6.45, 7) is 3.68. The minimum atomic E-state index is -4.02. The zero-order valence-electron chi connectivity index (χ0n) is 14.4. The molecular weight excluding hydrogens is 368 g/mol. The van der Waals surface area contributed by atoms with Gasteiger partial charge in [-0.25, -0.2) is 0 Å². The third-order valence-corrected chi connectivity index (χ3v) is 4.37. The summed E-state index contributed by atoms with van der Waals surface area (Å²) in [5.41, 5.74) is 1.91. The van der Waals surface area contributed by atoms with Crippen LogP contribution in [0.2, 0.25) is 0 Å². The maximum Gasteiger partial charge on any atom is 0.294 e. The average molecular weight is 390 g/mol. The lowest BCUT2D eigenvalue weighted by Gasteiger charge is -1.95. The predicted molar refractivity (Wildman–Crippen MR) is 94.9 cm³/mol. The van der Waals surface area contributed by atoms with E-state index in [9.17, 15) is 16.8 Å². The molecule has 2 aromatic carbocycles. The lowest BCUT2D eigenvalue weighted by Crippen LogP contribution is -1.96. The first-order valence-corrected chi connectivity index (χ1v) is 9.78. The van der Waals surface area contributed by atoms with Gasteiger partial charge in [0.25, 0.3) is 20.2 Å². The Bertz CT molecular complexity index is 765. The van der Waals surface area contributed by atoms with Gasteiger partial charge in [-0.3, -0.25) is 9.11 Å². The van der Waals surface area contributed by atoms with Crippen LogP contribution in [0.5, 0.6) is 0 Å². The first-order valence-electron chi connectivity index (χ1n) is 6.90. The van der Waals surface area contributed by atoms with Crippen LogP contribution in [0.25, 0.3) is 0 Å². The zero-order valence-corrected chi connectivity index (χ0v) is 16.0. The molecule has 0 aliphatic carbocycles. The van der Waals surface area contributed by atoms with Crippen molar-refractivity contribution in [3.63, 3.8) is 0 Å². The number of hydrogen-bond donors (Lipinski definition) is 2. The molecule has 0 spiro atoms. The van der Waals surface area contributed by atoms with Crippen LogP contribution in [0.4, 0.5) is 0 Å². The van der Waals surface area contributed by atoms with Crippen LogP contribution in [0, 0.1) is 13.8 Å². The molecule has 140 valence electrons. The summed E-state index contributed by atoms with van der Waals surface area (Å²) in [6, 6.07) is 12.0. The van der Waals surface area contributed by atoms with E-state index in [1.807, 2.05) is 13.8 Å². The third kappa shape index (κ3) is 9.95. The molecule has 0 fully saturated rings. The van der Waals surface area contributed by atoms with Crippen molar-refractivity contribution >= 4 is 20.2 Å². The van der Waals surface area contributed by atoms with Crippen molar-refractivity contribution in [1.29, 1.82) is 0 Å². The SMILES string of the molecule is COC.Cc1ccc(S(=O)(=O)O)cc1.Cc1ccc(S(=O)(=O)O)cc1. The second kappa shape index (κ2) is 10.3. The van der Waals surface area contributed by atoms with Crippen molar-refractivity contribution in [3.8, 4) is 0 Å². The summed E-state index contributed by atoms with van der Waals surface area (Å²) < 4.78 is 63.4. The Morgan fingerprint density at radius 3 is 1.00 bits per heavy atom. The van der Waals surface area contributed by atoms with E-state index >= 15 is 0 Å². The molecular formula is C16H22O7S2. The van der Waals surface area contributed by atoms with Gasteiger partial charge in [-0.1, -0.05) is 35.4 Å². The Kier molecular flexibility index (Phi) is 9.53. The molecule has 0 aliphatic heterocycles. The van der Waals surface area contributed by atoms with E-state index in [2.05, 4.69) is 4.74 Å². The number of benzene rings is 2. The van der Waals surface area contributed by atoms with Gasteiger partial charge in [0.2, 0.25) is 0 Å². The number of methoxy groups -OCH3 is 1. The summed E-state index contributed by atoms with van der Waals surface area (Å²) in [6.07, 6.45) is 0. The molecule has 25 heavy (non-hydrogen) atoms. The van der Waals surface area contributed by atoms with Gasteiger partial charge in [0.1, 0.15) is 0 Å². The number of aryl methyl sites for hydroxylation is 2. The van der Waals surface area contributed by atoms with Crippen molar-refractivity contribution in [1.82, 2.24) is 0 Å². The monoisotopic (exact) mass is 390 g/mol. The maximum absolute atomic E-state index is 10.5. The van der Waals surface area contributed by atoms with Crippen molar-refractivity contribution in [2.24, 2.45) is 0 Å². The molecule has 2 aromatic rings. The molecule has 2 N–H and O–H groups in total. The summed E-state index contributed by atoms with van der Waals surface area (Å²) in [5, 5.41) is 0. The van der Waals surface area contributed by atoms with Crippen molar-refractivity contribution < 1.29 is 30.7 Å². The van der Waals surface area contributed by atoms with Crippen LogP contribution in [0.3, 0.4) is 0 Å². The quantitative estimate of drug-likeness (QED) is 0.757. The van der Waals surface area contributed by atoms with Gasteiger partial charge in [-0.2, -0.15) is 16.8 Å². The van der Waals surface area contributed by atoms with E-state index in [1.54, 1.807) is 38.5 Å². The average Bonchev–Trinajstić information content (AvgIpc) is 2.47. The topological polar surface area (TPSA) is 118 Å². The molecule has 0 unspecified atom stereocenters. The lowest BCUT2D eigenvalue weighted by molar-refractivity contribution is 0.277. The molecule has 0 heterocycles. The van der Waals surface area contributed by atoms with E-state index < -0.39 is 20.2 Å². The van der Waals surface area contributed by atoms with E-state index in [0.717, 1.165) is 11.1 Å². The van der Waals surface area contributed by atoms with Crippen LogP contribution in [-0.2, 0) is 25.0 Å². The van der Waals surface area contributed by atoms with Gasteiger partial charge in [0.15, 0.2) is 0 Å². The summed E-state index contributed by atoms with van der Waals surface area (Å²) >= 11 is 0. The van der Waals surface area contributed by atoms with Gasteiger partial charge in [0.05, 0.1) is 9.79 Å². The third-order valence-electron chi connectivity index (χ3n) is 2.64. The Morgan fingerprint density at radius 1 is 0.640 bits per heavy atom. The van der Waals surface area contributed by atoms with Gasteiger partial charge in [-0.05, 0) is 38.1 Å². The van der Waals surface area contributed by atoms with Crippen molar-refractivity contribution in [3.05, 3.63) is 59.7 Å². The highest BCUT2D eigenvalue weighted by Gasteiger charge is 2.07. The fourth-order valence-corrected chi connectivity index (χ4v) is 2.38. The molecule has 0 amide bonds. The second-order valence-corrected chi connectivity index (χ2v) is 7.83. The molecule has 7 nitrogen and oxygen atoms in total. The Labute approximate surface area is 148 Å². The molecule has 2 rings (SSSR count). The van der Waals surface area contributed by atoms with E-state index in [-0.39, 0.29) is 9.79 Å². The Morgan fingerprint density at radius 2 is 0.840 bits per heavy atom. The van der Waals surface area contributed by atoms with Gasteiger partial charge in [-0.15, -0.1) is 0 Å².